The molecule has 1 aromatic carbocycles. The number of Topliss-reactive ketones (excluding diaryl/α,β-unsaturated/α-hetero) is 1. The first kappa shape index (κ1) is 10.2. The van der Waals surface area contributed by atoms with E-state index in [1.807, 2.05) is 37.3 Å². The van der Waals surface area contributed by atoms with Crippen LogP contribution in [0.15, 0.2) is 36.4 Å². The van der Waals surface area contributed by atoms with Gasteiger partial charge in [-0.3, -0.25) is 9.78 Å². The summed E-state index contributed by atoms with van der Waals surface area (Å²) in [6.07, 6.45) is 1.52. The van der Waals surface area contributed by atoms with Gasteiger partial charge in [-0.1, -0.05) is 18.2 Å². The summed E-state index contributed by atoms with van der Waals surface area (Å²) in [4.78, 5) is 16.1. The van der Waals surface area contributed by atoms with Crippen LogP contribution in [-0.4, -0.2) is 10.8 Å². The monoisotopic (exact) mass is 223 g/mol. The number of hydrogen-bond acceptors (Lipinski definition) is 2. The van der Waals surface area contributed by atoms with Crippen molar-refractivity contribution in [3.63, 3.8) is 0 Å². The van der Waals surface area contributed by atoms with E-state index in [0.717, 1.165) is 34.5 Å². The second-order valence-corrected chi connectivity index (χ2v) is 4.46. The normalized spacial score (nSPS) is 13.8. The maximum Gasteiger partial charge on any atom is 0.163 e. The van der Waals surface area contributed by atoms with Gasteiger partial charge in [-0.05, 0) is 37.1 Å². The van der Waals surface area contributed by atoms with Crippen molar-refractivity contribution in [1.82, 2.24) is 4.98 Å². The Hall–Kier alpha value is -1.96. The van der Waals surface area contributed by atoms with E-state index in [0.29, 0.717) is 6.42 Å². The zero-order chi connectivity index (χ0) is 11.8. The van der Waals surface area contributed by atoms with Crippen LogP contribution in [0.1, 0.15) is 28.0 Å². The number of aryl methyl sites for hydroxylation is 2. The minimum absolute atomic E-state index is 0.267. The van der Waals surface area contributed by atoms with Crippen molar-refractivity contribution in [3.05, 3.63) is 53.2 Å². The fourth-order valence-electron chi connectivity index (χ4n) is 2.32. The molecule has 0 N–H and O–H groups in total. The molecule has 2 heteroatoms. The molecular weight excluding hydrogens is 210 g/mol. The van der Waals surface area contributed by atoms with E-state index in [1.165, 1.54) is 0 Å². The topological polar surface area (TPSA) is 30.0 Å². The molecule has 0 saturated heterocycles. The maximum absolute atomic E-state index is 11.6. The Balaban J connectivity index is 2.09. The van der Waals surface area contributed by atoms with E-state index < -0.39 is 0 Å². The van der Waals surface area contributed by atoms with Crippen molar-refractivity contribution in [1.29, 1.82) is 0 Å². The summed E-state index contributed by atoms with van der Waals surface area (Å²) < 4.78 is 0. The van der Waals surface area contributed by atoms with Crippen LogP contribution in [0.3, 0.4) is 0 Å². The third-order valence-corrected chi connectivity index (χ3v) is 3.21. The molecule has 2 aromatic rings. The molecule has 3 rings (SSSR count). The van der Waals surface area contributed by atoms with Gasteiger partial charge in [0.15, 0.2) is 5.78 Å². The van der Waals surface area contributed by atoms with Gasteiger partial charge in [0.1, 0.15) is 0 Å². The predicted molar refractivity (Wildman–Crippen MR) is 67.1 cm³/mol. The number of pyridine rings is 1. The Labute approximate surface area is 100 Å². The van der Waals surface area contributed by atoms with E-state index in [1.54, 1.807) is 0 Å². The fraction of sp³-hybridized carbons (Fsp3) is 0.200. The van der Waals surface area contributed by atoms with Crippen LogP contribution in [0.5, 0.6) is 0 Å². The lowest BCUT2D eigenvalue weighted by molar-refractivity contribution is 0.0994. The molecule has 0 aliphatic heterocycles. The van der Waals surface area contributed by atoms with Crippen molar-refractivity contribution in [2.45, 2.75) is 19.8 Å². The van der Waals surface area contributed by atoms with Gasteiger partial charge in [0.2, 0.25) is 0 Å². The van der Waals surface area contributed by atoms with E-state index in [-0.39, 0.29) is 5.78 Å². The molecule has 1 aromatic heterocycles. The number of rotatable bonds is 1. The summed E-state index contributed by atoms with van der Waals surface area (Å²) in [7, 11) is 0. The molecule has 17 heavy (non-hydrogen) atoms. The highest BCUT2D eigenvalue weighted by atomic mass is 16.1. The zero-order valence-corrected chi connectivity index (χ0v) is 9.73. The van der Waals surface area contributed by atoms with Crippen molar-refractivity contribution in [2.75, 3.05) is 0 Å². The number of hydrogen-bond donors (Lipinski definition) is 0. The van der Waals surface area contributed by atoms with Gasteiger partial charge < -0.3 is 0 Å². The van der Waals surface area contributed by atoms with Crippen molar-refractivity contribution < 1.29 is 4.79 Å². The molecule has 0 amide bonds. The first-order valence-electron chi connectivity index (χ1n) is 5.84. The van der Waals surface area contributed by atoms with Gasteiger partial charge in [-0.15, -0.1) is 0 Å². The van der Waals surface area contributed by atoms with Crippen molar-refractivity contribution in [2.24, 2.45) is 0 Å². The molecule has 0 bridgehead atoms. The van der Waals surface area contributed by atoms with Gasteiger partial charge in [0.25, 0.3) is 0 Å². The third-order valence-electron chi connectivity index (χ3n) is 3.21. The van der Waals surface area contributed by atoms with Gasteiger partial charge in [0.05, 0.1) is 5.69 Å². The Kier molecular flexibility index (Phi) is 2.29. The number of benzene rings is 1. The van der Waals surface area contributed by atoms with E-state index >= 15 is 0 Å². The SMILES string of the molecule is Cc1cccc(-c2ccc3c(c2)CCC3=O)n1. The molecular formula is C15H13NO. The average Bonchev–Trinajstić information content (AvgIpc) is 2.71. The lowest BCUT2D eigenvalue weighted by Gasteiger charge is -2.04. The maximum atomic E-state index is 11.6. The summed E-state index contributed by atoms with van der Waals surface area (Å²) in [6, 6.07) is 12.0. The minimum atomic E-state index is 0.267. The first-order chi connectivity index (χ1) is 8.24. The lowest BCUT2D eigenvalue weighted by atomic mass is 10.0. The average molecular weight is 223 g/mol. The fourth-order valence-corrected chi connectivity index (χ4v) is 2.32. The molecule has 0 atom stereocenters. The largest absolute Gasteiger partial charge is 0.294 e. The third kappa shape index (κ3) is 1.76. The van der Waals surface area contributed by atoms with Crippen LogP contribution in [0.25, 0.3) is 11.3 Å². The van der Waals surface area contributed by atoms with Gasteiger partial charge in [-0.25, -0.2) is 0 Å². The molecule has 0 saturated carbocycles. The number of fused-ring (bicyclic) bond motifs is 1. The van der Waals surface area contributed by atoms with Crippen molar-refractivity contribution in [3.8, 4) is 11.3 Å². The summed E-state index contributed by atoms with van der Waals surface area (Å²) in [5.74, 6) is 0.267. The molecule has 2 nitrogen and oxygen atoms in total. The Morgan fingerprint density at radius 2 is 2.00 bits per heavy atom. The van der Waals surface area contributed by atoms with Crippen LogP contribution in [-0.2, 0) is 6.42 Å². The number of carbonyl (C=O) groups is 1. The zero-order valence-electron chi connectivity index (χ0n) is 9.73. The quantitative estimate of drug-likeness (QED) is 0.743. The van der Waals surface area contributed by atoms with Crippen molar-refractivity contribution >= 4 is 5.78 Å². The number of ketones is 1. The van der Waals surface area contributed by atoms with Crippen LogP contribution in [0.2, 0.25) is 0 Å². The molecule has 0 radical (unpaired) electrons. The second kappa shape index (κ2) is 3.81. The number of nitrogens with zero attached hydrogens (tertiary/aromatic N) is 1. The highest BCUT2D eigenvalue weighted by Gasteiger charge is 2.19. The standard InChI is InChI=1S/C15H13NO/c1-10-3-2-4-14(16-10)12-5-7-13-11(9-12)6-8-15(13)17/h2-5,7,9H,6,8H2,1H3. The van der Waals surface area contributed by atoms with Gasteiger partial charge >= 0.3 is 0 Å². The Morgan fingerprint density at radius 3 is 2.82 bits per heavy atom. The smallest absolute Gasteiger partial charge is 0.163 e. The first-order valence-corrected chi connectivity index (χ1v) is 5.84. The lowest BCUT2D eigenvalue weighted by Crippen LogP contribution is -1.92. The molecule has 84 valence electrons. The van der Waals surface area contributed by atoms with Gasteiger partial charge in [-0.2, -0.15) is 0 Å². The summed E-state index contributed by atoms with van der Waals surface area (Å²) in [5, 5.41) is 0. The number of carbonyl (C=O) groups excluding carboxylic acids is 1. The number of aromatic nitrogens is 1. The van der Waals surface area contributed by atoms with Gasteiger partial charge in [0, 0.05) is 23.2 Å². The Bertz CT molecular complexity index is 602. The van der Waals surface area contributed by atoms with Crippen LogP contribution in [0.4, 0.5) is 0 Å². The highest BCUT2D eigenvalue weighted by Crippen LogP contribution is 2.27. The molecule has 1 aliphatic rings. The van der Waals surface area contributed by atoms with Crippen LogP contribution < -0.4 is 0 Å². The molecule has 0 unspecified atom stereocenters. The van der Waals surface area contributed by atoms with E-state index in [4.69, 9.17) is 0 Å². The molecule has 1 heterocycles. The summed E-state index contributed by atoms with van der Waals surface area (Å²) in [6.45, 7) is 1.99. The summed E-state index contributed by atoms with van der Waals surface area (Å²) >= 11 is 0. The van der Waals surface area contributed by atoms with E-state index in [2.05, 4.69) is 11.1 Å². The summed E-state index contributed by atoms with van der Waals surface area (Å²) in [5.41, 5.74) is 5.14. The predicted octanol–water partition coefficient (Wildman–Crippen LogP) is 3.19. The molecule has 0 fully saturated rings. The van der Waals surface area contributed by atoms with Crippen LogP contribution >= 0.6 is 0 Å². The highest BCUT2D eigenvalue weighted by molar-refractivity contribution is 6.00. The molecule has 0 spiro atoms. The Morgan fingerprint density at radius 1 is 1.12 bits per heavy atom. The second-order valence-electron chi connectivity index (χ2n) is 4.46. The molecule has 1 aliphatic carbocycles. The van der Waals surface area contributed by atoms with E-state index in [9.17, 15) is 4.79 Å². The minimum Gasteiger partial charge on any atom is -0.294 e. The van der Waals surface area contributed by atoms with Crippen LogP contribution in [0, 0.1) is 6.92 Å².